The molecule has 0 aliphatic carbocycles. The Morgan fingerprint density at radius 2 is 1.76 bits per heavy atom. The predicted molar refractivity (Wildman–Crippen MR) is 91.7 cm³/mol. The summed E-state index contributed by atoms with van der Waals surface area (Å²) in [7, 11) is 0. The lowest BCUT2D eigenvalue weighted by Crippen LogP contribution is -2.29. The molecule has 0 fully saturated rings. The Kier molecular flexibility index (Phi) is 5.42. The van der Waals surface area contributed by atoms with E-state index in [-0.39, 0.29) is 6.54 Å². The molecule has 21 heavy (non-hydrogen) atoms. The quantitative estimate of drug-likeness (QED) is 0.779. The highest BCUT2D eigenvalue weighted by Crippen LogP contribution is 2.25. The highest BCUT2D eigenvalue weighted by molar-refractivity contribution is 9.13. The Morgan fingerprint density at radius 3 is 2.33 bits per heavy atom. The van der Waals surface area contributed by atoms with Crippen LogP contribution in [0, 0.1) is 6.92 Å². The van der Waals surface area contributed by atoms with E-state index in [0.717, 1.165) is 25.8 Å². The molecule has 0 radical (unpaired) electrons. The maximum Gasteiger partial charge on any atom is 0.323 e. The van der Waals surface area contributed by atoms with Gasteiger partial charge in [-0.15, -0.1) is 0 Å². The summed E-state index contributed by atoms with van der Waals surface area (Å²) in [4.78, 5) is 12.9. The van der Waals surface area contributed by atoms with Gasteiger partial charge in [0.2, 0.25) is 0 Å². The van der Waals surface area contributed by atoms with Crippen LogP contribution in [0.4, 0.5) is 5.69 Å². The van der Waals surface area contributed by atoms with Crippen LogP contribution in [0.15, 0.2) is 51.4 Å². The van der Waals surface area contributed by atoms with Crippen LogP contribution in [0.3, 0.4) is 0 Å². The number of anilines is 1. The minimum atomic E-state index is -0.841. The second kappa shape index (κ2) is 7.09. The molecular weight excluding hydrogens is 398 g/mol. The van der Waals surface area contributed by atoms with E-state index in [9.17, 15) is 4.79 Å². The van der Waals surface area contributed by atoms with Gasteiger partial charge in [0.25, 0.3) is 0 Å². The van der Waals surface area contributed by atoms with Gasteiger partial charge in [-0.2, -0.15) is 0 Å². The van der Waals surface area contributed by atoms with E-state index in [0.29, 0.717) is 6.54 Å². The third kappa shape index (κ3) is 4.58. The van der Waals surface area contributed by atoms with E-state index < -0.39 is 5.97 Å². The summed E-state index contributed by atoms with van der Waals surface area (Å²) in [5.41, 5.74) is 3.11. The molecule has 0 bridgehead atoms. The van der Waals surface area contributed by atoms with Crippen LogP contribution in [0.5, 0.6) is 0 Å². The number of aliphatic carboxylic acids is 1. The number of rotatable bonds is 5. The van der Waals surface area contributed by atoms with Crippen LogP contribution in [-0.4, -0.2) is 17.6 Å². The van der Waals surface area contributed by atoms with Crippen molar-refractivity contribution in [3.8, 4) is 0 Å². The first-order valence-electron chi connectivity index (χ1n) is 6.43. The normalized spacial score (nSPS) is 10.4. The number of carboxylic acids is 1. The summed E-state index contributed by atoms with van der Waals surface area (Å²) in [6.45, 7) is 2.52. The minimum absolute atomic E-state index is 0.0310. The fourth-order valence-electron chi connectivity index (χ4n) is 2.02. The first-order chi connectivity index (χ1) is 9.95. The summed E-state index contributed by atoms with van der Waals surface area (Å²) < 4.78 is 1.94. The molecule has 0 unspecified atom stereocenters. The SMILES string of the molecule is Cc1ccc(N(CC(=O)O)Cc2ccc(Br)c(Br)c2)cc1. The standard InChI is InChI=1S/C16H15Br2NO2/c1-11-2-5-13(6-3-11)19(10-16(20)21)9-12-4-7-14(17)15(18)8-12/h2-8H,9-10H2,1H3,(H,20,21). The zero-order valence-corrected chi connectivity index (χ0v) is 14.7. The first kappa shape index (κ1) is 16.0. The van der Waals surface area contributed by atoms with Gasteiger partial charge >= 0.3 is 5.97 Å². The largest absolute Gasteiger partial charge is 0.480 e. The summed E-state index contributed by atoms with van der Waals surface area (Å²) in [6.07, 6.45) is 0. The molecule has 0 atom stereocenters. The number of hydrogen-bond donors (Lipinski definition) is 1. The lowest BCUT2D eigenvalue weighted by molar-refractivity contribution is -0.135. The third-order valence-electron chi connectivity index (χ3n) is 3.08. The lowest BCUT2D eigenvalue weighted by Gasteiger charge is -2.23. The van der Waals surface area contributed by atoms with Crippen molar-refractivity contribution in [1.29, 1.82) is 0 Å². The second-order valence-corrected chi connectivity index (χ2v) is 6.54. The maximum atomic E-state index is 11.1. The lowest BCUT2D eigenvalue weighted by atomic mass is 10.1. The second-order valence-electron chi connectivity index (χ2n) is 4.83. The molecule has 1 N–H and O–H groups in total. The van der Waals surface area contributed by atoms with Gasteiger partial charge in [-0.3, -0.25) is 4.79 Å². The molecule has 0 aromatic heterocycles. The fourth-order valence-corrected chi connectivity index (χ4v) is 2.69. The molecule has 5 heteroatoms. The molecule has 0 amide bonds. The summed E-state index contributed by atoms with van der Waals surface area (Å²) in [5.74, 6) is -0.841. The topological polar surface area (TPSA) is 40.5 Å². The third-order valence-corrected chi connectivity index (χ3v) is 4.96. The summed E-state index contributed by atoms with van der Waals surface area (Å²) in [6, 6.07) is 13.8. The number of halogens is 2. The number of hydrogen-bond acceptors (Lipinski definition) is 2. The van der Waals surface area contributed by atoms with E-state index in [1.807, 2.05) is 54.3 Å². The number of carbonyl (C=O) groups is 1. The Hall–Kier alpha value is -1.33. The molecule has 0 aliphatic rings. The van der Waals surface area contributed by atoms with E-state index in [4.69, 9.17) is 5.11 Å². The smallest absolute Gasteiger partial charge is 0.323 e. The average Bonchev–Trinajstić information content (AvgIpc) is 2.42. The van der Waals surface area contributed by atoms with Gasteiger partial charge in [-0.1, -0.05) is 23.8 Å². The van der Waals surface area contributed by atoms with E-state index in [1.165, 1.54) is 0 Å². The molecule has 2 aromatic rings. The van der Waals surface area contributed by atoms with Gasteiger partial charge in [0.1, 0.15) is 6.54 Å². The van der Waals surface area contributed by atoms with Crippen molar-refractivity contribution in [2.75, 3.05) is 11.4 Å². The van der Waals surface area contributed by atoms with Crippen molar-refractivity contribution in [3.63, 3.8) is 0 Å². The van der Waals surface area contributed by atoms with Gasteiger partial charge in [-0.25, -0.2) is 0 Å². The van der Waals surface area contributed by atoms with Gasteiger partial charge < -0.3 is 10.0 Å². The van der Waals surface area contributed by atoms with E-state index >= 15 is 0 Å². The van der Waals surface area contributed by atoms with Crippen LogP contribution >= 0.6 is 31.9 Å². The van der Waals surface area contributed by atoms with Crippen molar-refractivity contribution in [2.24, 2.45) is 0 Å². The Morgan fingerprint density at radius 1 is 1.10 bits per heavy atom. The van der Waals surface area contributed by atoms with Crippen molar-refractivity contribution in [1.82, 2.24) is 0 Å². The predicted octanol–water partition coefficient (Wildman–Crippen LogP) is 4.61. The van der Waals surface area contributed by atoms with Crippen molar-refractivity contribution in [3.05, 3.63) is 62.5 Å². The van der Waals surface area contributed by atoms with Crippen LogP contribution < -0.4 is 4.90 Å². The van der Waals surface area contributed by atoms with E-state index in [2.05, 4.69) is 31.9 Å². The maximum absolute atomic E-state index is 11.1. The van der Waals surface area contributed by atoms with Crippen LogP contribution in [-0.2, 0) is 11.3 Å². The molecule has 0 saturated carbocycles. The van der Waals surface area contributed by atoms with Crippen molar-refractivity contribution < 1.29 is 9.90 Å². The molecule has 0 aliphatic heterocycles. The Balaban J connectivity index is 2.25. The number of benzene rings is 2. The van der Waals surface area contributed by atoms with Gasteiger partial charge in [0, 0.05) is 21.2 Å². The molecular formula is C16H15Br2NO2. The molecule has 3 nitrogen and oxygen atoms in total. The summed E-state index contributed by atoms with van der Waals surface area (Å²) in [5, 5.41) is 9.12. The molecule has 0 spiro atoms. The Labute approximate surface area is 140 Å². The number of carboxylic acid groups (broad SMARTS) is 1. The molecule has 110 valence electrons. The highest BCUT2D eigenvalue weighted by Gasteiger charge is 2.12. The monoisotopic (exact) mass is 411 g/mol. The van der Waals surface area contributed by atoms with Crippen LogP contribution in [0.25, 0.3) is 0 Å². The Bertz CT molecular complexity index is 641. The van der Waals surface area contributed by atoms with Crippen LogP contribution in [0.2, 0.25) is 0 Å². The molecule has 0 saturated heterocycles. The molecule has 2 aromatic carbocycles. The highest BCUT2D eigenvalue weighted by atomic mass is 79.9. The zero-order valence-electron chi connectivity index (χ0n) is 11.5. The minimum Gasteiger partial charge on any atom is -0.480 e. The number of nitrogens with zero attached hydrogens (tertiary/aromatic N) is 1. The van der Waals surface area contributed by atoms with Crippen LogP contribution in [0.1, 0.15) is 11.1 Å². The van der Waals surface area contributed by atoms with Crippen molar-refractivity contribution in [2.45, 2.75) is 13.5 Å². The van der Waals surface area contributed by atoms with Crippen molar-refractivity contribution >= 4 is 43.5 Å². The average molecular weight is 413 g/mol. The van der Waals surface area contributed by atoms with Gasteiger partial charge in [0.05, 0.1) is 0 Å². The first-order valence-corrected chi connectivity index (χ1v) is 8.01. The molecule has 0 heterocycles. The molecule has 2 rings (SSSR count). The van der Waals surface area contributed by atoms with E-state index in [1.54, 1.807) is 0 Å². The zero-order chi connectivity index (χ0) is 15.4. The van der Waals surface area contributed by atoms with Gasteiger partial charge in [-0.05, 0) is 68.6 Å². The fraction of sp³-hybridized carbons (Fsp3) is 0.188. The van der Waals surface area contributed by atoms with Gasteiger partial charge in [0.15, 0.2) is 0 Å². The number of aryl methyl sites for hydroxylation is 1. The summed E-state index contributed by atoms with van der Waals surface area (Å²) >= 11 is 6.91.